The fraction of sp³-hybridized carbons (Fsp3) is 0.261. The monoisotopic (exact) mass is 549 g/mol. The molecule has 190 valence electrons. The van der Waals surface area contributed by atoms with Gasteiger partial charge in [-0.2, -0.15) is 0 Å². The number of nitrogens with zero attached hydrogens (tertiary/aromatic N) is 4. The van der Waals surface area contributed by atoms with E-state index in [1.54, 1.807) is 55.0 Å². The smallest absolute Gasteiger partial charge is 0.243 e. The van der Waals surface area contributed by atoms with Crippen LogP contribution in [0.4, 0.5) is 5.95 Å². The summed E-state index contributed by atoms with van der Waals surface area (Å²) in [4.78, 5) is 4.56. The molecule has 2 heterocycles. The summed E-state index contributed by atoms with van der Waals surface area (Å²) in [7, 11) is 0.796. The lowest BCUT2D eigenvalue weighted by Gasteiger charge is -2.17. The molecule has 0 spiro atoms. The first-order chi connectivity index (χ1) is 17.3. The number of halogens is 1. The highest BCUT2D eigenvalue weighted by molar-refractivity contribution is 7.92. The van der Waals surface area contributed by atoms with Gasteiger partial charge in [-0.15, -0.1) is 21.5 Å². The van der Waals surface area contributed by atoms with Gasteiger partial charge >= 0.3 is 0 Å². The molecule has 0 saturated heterocycles. The number of para-hydroxylation sites is 1. The maximum atomic E-state index is 13.1. The SMILES string of the molecule is COCc1nc(-c2nnc(NS(=O)(=O)CCc3ccc(Cl)cc3)n2-c2c(OC)cccc2OC)cs1. The molecule has 1 N–H and O–H groups in total. The number of nitrogens with one attached hydrogen (secondary N) is 1. The number of hydrogen-bond acceptors (Lipinski definition) is 9. The van der Waals surface area contributed by atoms with Crippen molar-refractivity contribution in [1.82, 2.24) is 19.7 Å². The number of anilines is 1. The van der Waals surface area contributed by atoms with Gasteiger partial charge in [-0.05, 0) is 36.2 Å². The van der Waals surface area contributed by atoms with Crippen molar-refractivity contribution in [2.45, 2.75) is 13.0 Å². The zero-order valence-electron chi connectivity index (χ0n) is 19.8. The van der Waals surface area contributed by atoms with Crippen LogP contribution in [0.3, 0.4) is 0 Å². The van der Waals surface area contributed by atoms with Crippen molar-refractivity contribution in [3.8, 4) is 28.7 Å². The minimum absolute atomic E-state index is 0.0230. The van der Waals surface area contributed by atoms with E-state index in [1.807, 2.05) is 0 Å². The Bertz CT molecular complexity index is 1420. The zero-order chi connectivity index (χ0) is 25.7. The Hall–Kier alpha value is -3.19. The number of benzene rings is 2. The van der Waals surface area contributed by atoms with E-state index in [0.29, 0.717) is 40.3 Å². The number of aryl methyl sites for hydroxylation is 1. The molecule has 0 aliphatic heterocycles. The molecule has 0 unspecified atom stereocenters. The highest BCUT2D eigenvalue weighted by atomic mass is 35.5. The Morgan fingerprint density at radius 2 is 1.72 bits per heavy atom. The molecule has 36 heavy (non-hydrogen) atoms. The number of thiazole rings is 1. The van der Waals surface area contributed by atoms with Crippen LogP contribution in [-0.2, 0) is 27.8 Å². The van der Waals surface area contributed by atoms with Crippen LogP contribution < -0.4 is 14.2 Å². The van der Waals surface area contributed by atoms with Crippen LogP contribution in [0, 0.1) is 0 Å². The maximum Gasteiger partial charge on any atom is 0.243 e. The third kappa shape index (κ3) is 5.78. The first-order valence-corrected chi connectivity index (χ1v) is 13.6. The molecule has 0 saturated carbocycles. The summed E-state index contributed by atoms with van der Waals surface area (Å²) in [5.41, 5.74) is 1.77. The van der Waals surface area contributed by atoms with Gasteiger partial charge in [0.05, 0.1) is 26.6 Å². The van der Waals surface area contributed by atoms with Crippen LogP contribution >= 0.6 is 22.9 Å². The Balaban J connectivity index is 1.75. The molecule has 0 fully saturated rings. The average molecular weight is 550 g/mol. The second kappa shape index (κ2) is 11.2. The molecule has 4 aromatic rings. The molecule has 0 aliphatic rings. The summed E-state index contributed by atoms with van der Waals surface area (Å²) in [6.07, 6.45) is 0.290. The van der Waals surface area contributed by atoms with E-state index in [1.165, 1.54) is 30.1 Å². The van der Waals surface area contributed by atoms with Crippen LogP contribution in [0.15, 0.2) is 47.8 Å². The quantitative estimate of drug-likeness (QED) is 0.296. The van der Waals surface area contributed by atoms with E-state index < -0.39 is 10.0 Å². The van der Waals surface area contributed by atoms with E-state index in [0.717, 1.165) is 10.6 Å². The van der Waals surface area contributed by atoms with Crippen LogP contribution in [0.5, 0.6) is 11.5 Å². The summed E-state index contributed by atoms with van der Waals surface area (Å²) in [6.45, 7) is 0.334. The standard InChI is InChI=1S/C23H24ClN5O5S2/c1-32-13-20-25-17(14-35-20)22-26-27-23(29(22)21-18(33-2)5-4-6-19(21)34-3)28-36(30,31)12-11-15-7-9-16(24)10-8-15/h4-10,14H,11-13H2,1-3H3,(H,27,28). The highest BCUT2D eigenvalue weighted by Gasteiger charge is 2.26. The zero-order valence-corrected chi connectivity index (χ0v) is 22.2. The number of hydrogen-bond donors (Lipinski definition) is 1. The van der Waals surface area contributed by atoms with Gasteiger partial charge in [0.1, 0.15) is 27.9 Å². The number of rotatable bonds is 11. The molecule has 0 atom stereocenters. The molecule has 4 rings (SSSR count). The lowest BCUT2D eigenvalue weighted by Crippen LogP contribution is -2.21. The largest absolute Gasteiger partial charge is 0.494 e. The third-order valence-corrected chi connectivity index (χ3v) is 7.47. The molecule has 0 radical (unpaired) electrons. The second-order valence-corrected chi connectivity index (χ2v) is 10.8. The molecular formula is C23H24ClN5O5S2. The molecular weight excluding hydrogens is 526 g/mol. The van der Waals surface area contributed by atoms with E-state index in [2.05, 4.69) is 19.9 Å². The predicted octanol–water partition coefficient (Wildman–Crippen LogP) is 4.19. The minimum Gasteiger partial charge on any atom is -0.494 e. The summed E-state index contributed by atoms with van der Waals surface area (Å²) in [5, 5.41) is 11.5. The lowest BCUT2D eigenvalue weighted by atomic mass is 10.2. The second-order valence-electron chi connectivity index (χ2n) is 7.55. The van der Waals surface area contributed by atoms with Crippen LogP contribution in [0.1, 0.15) is 10.6 Å². The van der Waals surface area contributed by atoms with Gasteiger partial charge in [-0.25, -0.2) is 13.4 Å². The predicted molar refractivity (Wildman–Crippen MR) is 139 cm³/mol. The Labute approximate surface area is 217 Å². The molecule has 0 bridgehead atoms. The molecule has 0 aliphatic carbocycles. The van der Waals surface area contributed by atoms with Crippen LogP contribution in [0.25, 0.3) is 17.2 Å². The summed E-state index contributed by atoms with van der Waals surface area (Å²) < 4.78 is 46.5. The maximum absolute atomic E-state index is 13.1. The normalized spacial score (nSPS) is 11.4. The molecule has 2 aromatic carbocycles. The molecule has 13 heteroatoms. The molecule has 2 aromatic heterocycles. The molecule has 0 amide bonds. The van der Waals surface area contributed by atoms with Gasteiger partial charge in [-0.3, -0.25) is 9.29 Å². The van der Waals surface area contributed by atoms with E-state index in [-0.39, 0.29) is 18.1 Å². The number of ether oxygens (including phenoxy) is 3. The lowest BCUT2D eigenvalue weighted by molar-refractivity contribution is 0.184. The summed E-state index contributed by atoms with van der Waals surface area (Å²) in [5.74, 6) is 0.986. The fourth-order valence-electron chi connectivity index (χ4n) is 3.48. The Morgan fingerprint density at radius 1 is 1.03 bits per heavy atom. The van der Waals surface area contributed by atoms with Crippen LogP contribution in [0.2, 0.25) is 5.02 Å². The van der Waals surface area contributed by atoms with Gasteiger partial charge in [0, 0.05) is 17.5 Å². The minimum atomic E-state index is -3.81. The number of sulfonamides is 1. The van der Waals surface area contributed by atoms with Gasteiger partial charge in [0.15, 0.2) is 5.82 Å². The Morgan fingerprint density at radius 3 is 2.36 bits per heavy atom. The van der Waals surface area contributed by atoms with E-state index in [4.69, 9.17) is 25.8 Å². The van der Waals surface area contributed by atoms with Gasteiger partial charge in [0.2, 0.25) is 16.0 Å². The van der Waals surface area contributed by atoms with Crippen molar-refractivity contribution < 1.29 is 22.6 Å². The first kappa shape index (κ1) is 25.9. The van der Waals surface area contributed by atoms with Crippen molar-refractivity contribution >= 4 is 38.9 Å². The van der Waals surface area contributed by atoms with Gasteiger partial charge in [0.25, 0.3) is 0 Å². The third-order valence-electron chi connectivity index (χ3n) is 5.16. The topological polar surface area (TPSA) is 117 Å². The number of methoxy groups -OCH3 is 3. The molecule has 10 nitrogen and oxygen atoms in total. The van der Waals surface area contributed by atoms with E-state index >= 15 is 0 Å². The van der Waals surface area contributed by atoms with Gasteiger partial charge < -0.3 is 14.2 Å². The van der Waals surface area contributed by atoms with E-state index in [9.17, 15) is 8.42 Å². The average Bonchev–Trinajstić information content (AvgIpc) is 3.50. The van der Waals surface area contributed by atoms with Crippen molar-refractivity contribution in [3.05, 3.63) is 63.4 Å². The summed E-state index contributed by atoms with van der Waals surface area (Å²) in [6, 6.07) is 12.3. The fourth-order valence-corrected chi connectivity index (χ4v) is 5.36. The van der Waals surface area contributed by atoms with Crippen molar-refractivity contribution in [3.63, 3.8) is 0 Å². The van der Waals surface area contributed by atoms with Crippen molar-refractivity contribution in [1.29, 1.82) is 0 Å². The first-order valence-electron chi connectivity index (χ1n) is 10.7. The van der Waals surface area contributed by atoms with Crippen molar-refractivity contribution in [2.24, 2.45) is 0 Å². The summed E-state index contributed by atoms with van der Waals surface area (Å²) >= 11 is 7.32. The highest BCUT2D eigenvalue weighted by Crippen LogP contribution is 2.37. The van der Waals surface area contributed by atoms with Crippen LogP contribution in [-0.4, -0.2) is 55.2 Å². The van der Waals surface area contributed by atoms with Crippen molar-refractivity contribution in [2.75, 3.05) is 31.8 Å². The van der Waals surface area contributed by atoms with Gasteiger partial charge in [-0.1, -0.05) is 29.8 Å². The number of aromatic nitrogens is 4. The Kier molecular flexibility index (Phi) is 8.09.